The number of rotatable bonds is 2. The lowest BCUT2D eigenvalue weighted by Crippen LogP contribution is -2.39. The van der Waals surface area contributed by atoms with Crippen LogP contribution < -0.4 is 0 Å². The highest BCUT2D eigenvalue weighted by Crippen LogP contribution is 2.12. The lowest BCUT2D eigenvalue weighted by molar-refractivity contribution is -0.134. The maximum atomic E-state index is 11.7. The van der Waals surface area contributed by atoms with Crippen LogP contribution in [-0.2, 0) is 4.79 Å². The monoisotopic (exact) mass is 201 g/mol. The Morgan fingerprint density at radius 3 is 3.00 bits per heavy atom. The summed E-state index contributed by atoms with van der Waals surface area (Å²) in [7, 11) is 0. The molecule has 0 fully saturated rings. The van der Waals surface area contributed by atoms with Crippen molar-refractivity contribution in [3.63, 3.8) is 0 Å². The first-order valence-corrected chi connectivity index (χ1v) is 5.19. The minimum Gasteiger partial charge on any atom is -0.338 e. The van der Waals surface area contributed by atoms with E-state index >= 15 is 0 Å². The summed E-state index contributed by atoms with van der Waals surface area (Å²) in [6.45, 7) is 5.56. The Bertz CT molecular complexity index is 225. The molecule has 0 spiro atoms. The Morgan fingerprint density at radius 2 is 2.46 bits per heavy atom. The van der Waals surface area contributed by atoms with Gasteiger partial charge < -0.3 is 4.90 Å². The topological polar surface area (TPSA) is 20.3 Å². The number of nitrogens with zero attached hydrogens (tertiary/aromatic N) is 1. The molecule has 74 valence electrons. The van der Waals surface area contributed by atoms with E-state index in [-0.39, 0.29) is 11.8 Å². The van der Waals surface area contributed by atoms with Gasteiger partial charge in [0.2, 0.25) is 5.91 Å². The molecule has 1 atom stereocenters. The smallest absolute Gasteiger partial charge is 0.226 e. The van der Waals surface area contributed by atoms with Crippen molar-refractivity contribution >= 4 is 17.5 Å². The van der Waals surface area contributed by atoms with Crippen molar-refractivity contribution in [2.24, 2.45) is 5.92 Å². The van der Waals surface area contributed by atoms with Crippen LogP contribution in [0.2, 0.25) is 0 Å². The van der Waals surface area contributed by atoms with Crippen molar-refractivity contribution in [1.29, 1.82) is 0 Å². The highest BCUT2D eigenvalue weighted by atomic mass is 35.5. The van der Waals surface area contributed by atoms with Gasteiger partial charge in [0.25, 0.3) is 0 Å². The van der Waals surface area contributed by atoms with E-state index in [9.17, 15) is 4.79 Å². The number of amides is 1. The Balaban J connectivity index is 2.53. The largest absolute Gasteiger partial charge is 0.338 e. The quantitative estimate of drug-likeness (QED) is 0.495. The molecule has 0 N–H and O–H groups in total. The molecular weight excluding hydrogens is 186 g/mol. The van der Waals surface area contributed by atoms with Gasteiger partial charge in [0.1, 0.15) is 0 Å². The molecule has 13 heavy (non-hydrogen) atoms. The summed E-state index contributed by atoms with van der Waals surface area (Å²) in [4.78, 5) is 13.6. The second-order valence-corrected chi connectivity index (χ2v) is 3.96. The van der Waals surface area contributed by atoms with Gasteiger partial charge in [-0.05, 0) is 13.3 Å². The molecule has 0 saturated carbocycles. The molecule has 0 aromatic rings. The Morgan fingerprint density at radius 1 is 1.77 bits per heavy atom. The van der Waals surface area contributed by atoms with Crippen molar-refractivity contribution < 1.29 is 4.79 Å². The highest BCUT2D eigenvalue weighted by molar-refractivity contribution is 6.19. The zero-order valence-electron chi connectivity index (χ0n) is 8.22. The lowest BCUT2D eigenvalue weighted by Gasteiger charge is -2.28. The van der Waals surface area contributed by atoms with E-state index in [1.54, 1.807) is 0 Å². The van der Waals surface area contributed by atoms with Gasteiger partial charge in [0, 0.05) is 24.9 Å². The van der Waals surface area contributed by atoms with Crippen LogP contribution in [0.25, 0.3) is 0 Å². The predicted molar refractivity (Wildman–Crippen MR) is 54.8 cm³/mol. The number of halogens is 1. The van der Waals surface area contributed by atoms with E-state index in [0.29, 0.717) is 5.88 Å². The molecule has 0 aromatic carbocycles. The van der Waals surface area contributed by atoms with Gasteiger partial charge >= 0.3 is 0 Å². The molecule has 0 aromatic heterocycles. The summed E-state index contributed by atoms with van der Waals surface area (Å²) >= 11 is 5.64. The molecule has 0 saturated heterocycles. The fourth-order valence-electron chi connectivity index (χ4n) is 1.48. The molecule has 1 rings (SSSR count). The third kappa shape index (κ3) is 2.73. The number of carbonyl (C=O) groups is 1. The van der Waals surface area contributed by atoms with Crippen molar-refractivity contribution in [3.8, 4) is 0 Å². The zero-order valence-corrected chi connectivity index (χ0v) is 8.97. The van der Waals surface area contributed by atoms with Gasteiger partial charge in [0.15, 0.2) is 0 Å². The van der Waals surface area contributed by atoms with Gasteiger partial charge in [-0.3, -0.25) is 4.79 Å². The van der Waals surface area contributed by atoms with E-state index < -0.39 is 0 Å². The van der Waals surface area contributed by atoms with Crippen LogP contribution in [0.3, 0.4) is 0 Å². The average Bonchev–Trinajstić information content (AvgIpc) is 2.15. The van der Waals surface area contributed by atoms with Crippen molar-refractivity contribution in [3.05, 3.63) is 11.6 Å². The van der Waals surface area contributed by atoms with Crippen molar-refractivity contribution in [1.82, 2.24) is 4.90 Å². The van der Waals surface area contributed by atoms with Crippen LogP contribution in [0.1, 0.15) is 20.3 Å². The molecule has 3 heteroatoms. The zero-order chi connectivity index (χ0) is 9.84. The summed E-state index contributed by atoms with van der Waals surface area (Å²) in [6, 6.07) is 0. The highest BCUT2D eigenvalue weighted by Gasteiger charge is 2.20. The van der Waals surface area contributed by atoms with Gasteiger partial charge in [-0.1, -0.05) is 18.6 Å². The first kappa shape index (κ1) is 10.6. The van der Waals surface area contributed by atoms with Gasteiger partial charge in [-0.25, -0.2) is 0 Å². The third-order valence-electron chi connectivity index (χ3n) is 2.30. The molecule has 0 bridgehead atoms. The van der Waals surface area contributed by atoms with Crippen molar-refractivity contribution in [2.75, 3.05) is 19.0 Å². The Kier molecular flexibility index (Phi) is 3.79. The molecule has 1 unspecified atom stereocenters. The maximum Gasteiger partial charge on any atom is 0.226 e. The molecule has 0 radical (unpaired) electrons. The minimum atomic E-state index is -0.0485. The first-order chi connectivity index (χ1) is 6.15. The van der Waals surface area contributed by atoms with Crippen LogP contribution in [0, 0.1) is 5.92 Å². The van der Waals surface area contributed by atoms with Crippen LogP contribution >= 0.6 is 11.6 Å². The fraction of sp³-hybridized carbons (Fsp3) is 0.700. The SMILES string of the molecule is CC1=CCCN(C(=O)C(C)CCl)C1. The maximum absolute atomic E-state index is 11.7. The summed E-state index contributed by atoms with van der Waals surface area (Å²) in [5.41, 5.74) is 1.28. The van der Waals surface area contributed by atoms with E-state index in [4.69, 9.17) is 11.6 Å². The molecule has 0 aliphatic carbocycles. The Hall–Kier alpha value is -0.500. The second kappa shape index (κ2) is 4.66. The van der Waals surface area contributed by atoms with Crippen LogP contribution in [0.4, 0.5) is 0 Å². The molecular formula is C10H16ClNO. The standard InChI is InChI=1S/C10H16ClNO/c1-8-4-3-5-12(7-8)10(13)9(2)6-11/h4,9H,3,5-7H2,1-2H3. The predicted octanol–water partition coefficient (Wildman–Crippen LogP) is 2.04. The number of alkyl halides is 1. The summed E-state index contributed by atoms with van der Waals surface area (Å²) in [6.07, 6.45) is 3.17. The van der Waals surface area contributed by atoms with Crippen molar-refractivity contribution in [2.45, 2.75) is 20.3 Å². The summed E-state index contributed by atoms with van der Waals surface area (Å²) in [5, 5.41) is 0. The molecule has 1 aliphatic rings. The van der Waals surface area contributed by atoms with E-state index in [1.165, 1.54) is 5.57 Å². The van der Waals surface area contributed by atoms with Crippen LogP contribution in [0.5, 0.6) is 0 Å². The molecule has 2 nitrogen and oxygen atoms in total. The van der Waals surface area contributed by atoms with Gasteiger partial charge in [-0.2, -0.15) is 0 Å². The number of hydrogen-bond acceptors (Lipinski definition) is 1. The van der Waals surface area contributed by atoms with Gasteiger partial charge in [-0.15, -0.1) is 11.6 Å². The number of hydrogen-bond donors (Lipinski definition) is 0. The molecule has 1 heterocycles. The third-order valence-corrected chi connectivity index (χ3v) is 2.76. The van der Waals surface area contributed by atoms with Gasteiger partial charge in [0.05, 0.1) is 0 Å². The Labute approximate surface area is 84.6 Å². The lowest BCUT2D eigenvalue weighted by atomic mass is 10.1. The summed E-state index contributed by atoms with van der Waals surface area (Å²) < 4.78 is 0. The van der Waals surface area contributed by atoms with Crippen LogP contribution in [0.15, 0.2) is 11.6 Å². The summed E-state index contributed by atoms with van der Waals surface area (Å²) in [5.74, 6) is 0.549. The number of carbonyl (C=O) groups excluding carboxylic acids is 1. The van der Waals surface area contributed by atoms with E-state index in [2.05, 4.69) is 13.0 Å². The minimum absolute atomic E-state index is 0.0485. The molecule has 1 aliphatic heterocycles. The van der Waals surface area contributed by atoms with E-state index in [1.807, 2.05) is 11.8 Å². The first-order valence-electron chi connectivity index (χ1n) is 4.65. The normalized spacial score (nSPS) is 19.6. The molecule has 1 amide bonds. The van der Waals surface area contributed by atoms with E-state index in [0.717, 1.165) is 19.5 Å². The van der Waals surface area contributed by atoms with Crippen LogP contribution in [-0.4, -0.2) is 29.8 Å². The average molecular weight is 202 g/mol. The second-order valence-electron chi connectivity index (χ2n) is 3.65. The fourth-order valence-corrected chi connectivity index (χ4v) is 1.61.